The maximum Gasteiger partial charge on any atom is 0.335 e. The van der Waals surface area contributed by atoms with Crippen LogP contribution >= 0.6 is 11.3 Å². The predicted molar refractivity (Wildman–Crippen MR) is 119 cm³/mol. The zero-order valence-corrected chi connectivity index (χ0v) is 17.5. The van der Waals surface area contributed by atoms with Gasteiger partial charge in [0, 0.05) is 6.54 Å². The van der Waals surface area contributed by atoms with Gasteiger partial charge in [0.15, 0.2) is 0 Å². The van der Waals surface area contributed by atoms with Gasteiger partial charge in [-0.1, -0.05) is 42.5 Å². The molecule has 0 aliphatic carbocycles. The topological polar surface area (TPSA) is 101 Å². The number of nitrogens with one attached hydrogen (secondary N) is 1. The number of hydrogen-bond donors (Lipinski definition) is 2. The molecule has 0 bridgehead atoms. The third kappa shape index (κ3) is 4.24. The highest BCUT2D eigenvalue weighted by atomic mass is 32.1. The van der Waals surface area contributed by atoms with Crippen molar-refractivity contribution in [1.82, 2.24) is 14.9 Å². The molecule has 2 heterocycles. The Balaban J connectivity index is 1.55. The first-order valence-electron chi connectivity index (χ1n) is 9.57. The summed E-state index contributed by atoms with van der Waals surface area (Å²) in [6, 6.07) is 15.9. The summed E-state index contributed by atoms with van der Waals surface area (Å²) in [5, 5.41) is 12.2. The van der Waals surface area contributed by atoms with Crippen molar-refractivity contribution >= 4 is 33.4 Å². The molecule has 7 nitrogen and oxygen atoms in total. The molecule has 4 rings (SSSR count). The number of aromatic nitrogens is 2. The summed E-state index contributed by atoms with van der Waals surface area (Å²) in [6.45, 7) is 2.41. The van der Waals surface area contributed by atoms with Crippen LogP contribution in [0.4, 0.5) is 0 Å². The van der Waals surface area contributed by atoms with Crippen LogP contribution in [0.15, 0.2) is 65.7 Å². The number of carboxylic acids is 1. The summed E-state index contributed by atoms with van der Waals surface area (Å²) in [4.78, 5) is 42.1. The molecule has 2 aromatic carbocycles. The van der Waals surface area contributed by atoms with Crippen LogP contribution in [0.1, 0.15) is 36.7 Å². The Bertz CT molecular complexity index is 1320. The lowest BCUT2D eigenvalue weighted by atomic mass is 10.1. The summed E-state index contributed by atoms with van der Waals surface area (Å²) >= 11 is 1.19. The van der Waals surface area contributed by atoms with E-state index in [1.165, 1.54) is 29.8 Å². The Hall–Kier alpha value is -3.78. The van der Waals surface area contributed by atoms with Crippen LogP contribution in [0.25, 0.3) is 10.2 Å². The molecular weight excluding hydrogens is 414 g/mol. The molecule has 0 fully saturated rings. The normalized spacial score (nSPS) is 10.9. The van der Waals surface area contributed by atoms with E-state index in [1.54, 1.807) is 23.6 Å². The highest BCUT2D eigenvalue weighted by Gasteiger charge is 2.19. The van der Waals surface area contributed by atoms with Crippen LogP contribution < -0.4 is 10.9 Å². The van der Waals surface area contributed by atoms with Crippen LogP contribution in [0.3, 0.4) is 0 Å². The van der Waals surface area contributed by atoms with Gasteiger partial charge in [0.25, 0.3) is 11.5 Å². The fourth-order valence-electron chi connectivity index (χ4n) is 3.30. The predicted octanol–water partition coefficient (Wildman–Crippen LogP) is 3.44. The van der Waals surface area contributed by atoms with Crippen molar-refractivity contribution < 1.29 is 14.7 Å². The Kier molecular flexibility index (Phi) is 5.64. The van der Waals surface area contributed by atoms with Crippen LogP contribution in [-0.2, 0) is 13.1 Å². The summed E-state index contributed by atoms with van der Waals surface area (Å²) in [5.41, 5.74) is 2.39. The lowest BCUT2D eigenvalue weighted by Crippen LogP contribution is -2.23. The van der Waals surface area contributed by atoms with E-state index in [1.807, 2.05) is 30.3 Å². The van der Waals surface area contributed by atoms with E-state index in [0.717, 1.165) is 11.1 Å². The number of amides is 1. The van der Waals surface area contributed by atoms with Gasteiger partial charge in [-0.15, -0.1) is 11.3 Å². The first-order chi connectivity index (χ1) is 14.9. The molecule has 31 heavy (non-hydrogen) atoms. The average Bonchev–Trinajstić information content (AvgIpc) is 3.12. The first-order valence-corrected chi connectivity index (χ1v) is 10.4. The van der Waals surface area contributed by atoms with Crippen LogP contribution in [0.5, 0.6) is 0 Å². The van der Waals surface area contributed by atoms with Gasteiger partial charge in [0.1, 0.15) is 4.83 Å². The maximum atomic E-state index is 13.0. The SMILES string of the molecule is Cc1c(C(=O)NCc2ccc(C(=O)O)cc2)sc2ncn(Cc3ccccc3)c(=O)c12. The van der Waals surface area contributed by atoms with E-state index in [2.05, 4.69) is 10.3 Å². The summed E-state index contributed by atoms with van der Waals surface area (Å²) < 4.78 is 1.54. The second kappa shape index (κ2) is 8.53. The number of fused-ring (bicyclic) bond motifs is 1. The van der Waals surface area contributed by atoms with E-state index in [-0.39, 0.29) is 23.6 Å². The summed E-state index contributed by atoms with van der Waals surface area (Å²) in [5.74, 6) is -1.29. The van der Waals surface area contributed by atoms with Gasteiger partial charge >= 0.3 is 5.97 Å². The Labute approximate surface area is 181 Å². The van der Waals surface area contributed by atoms with E-state index in [0.29, 0.717) is 27.2 Å². The second-order valence-electron chi connectivity index (χ2n) is 7.08. The molecule has 0 unspecified atom stereocenters. The van der Waals surface area contributed by atoms with E-state index < -0.39 is 5.97 Å². The number of nitrogens with zero attached hydrogens (tertiary/aromatic N) is 2. The van der Waals surface area contributed by atoms with E-state index >= 15 is 0 Å². The number of benzene rings is 2. The molecule has 8 heteroatoms. The first kappa shape index (κ1) is 20.5. The molecule has 0 aliphatic rings. The molecule has 2 aromatic heterocycles. The third-order valence-electron chi connectivity index (χ3n) is 4.97. The highest BCUT2D eigenvalue weighted by molar-refractivity contribution is 7.20. The number of carbonyl (C=O) groups excluding carboxylic acids is 1. The van der Waals surface area contributed by atoms with Crippen molar-refractivity contribution in [3.05, 3.63) is 98.4 Å². The number of carbonyl (C=O) groups is 2. The zero-order valence-electron chi connectivity index (χ0n) is 16.7. The van der Waals surface area contributed by atoms with Crippen molar-refractivity contribution in [2.24, 2.45) is 0 Å². The molecule has 0 spiro atoms. The van der Waals surface area contributed by atoms with Crippen molar-refractivity contribution in [2.75, 3.05) is 0 Å². The fraction of sp³-hybridized carbons (Fsp3) is 0.130. The molecule has 2 N–H and O–H groups in total. The van der Waals surface area contributed by atoms with E-state index in [4.69, 9.17) is 5.11 Å². The van der Waals surface area contributed by atoms with Gasteiger partial charge in [-0.2, -0.15) is 0 Å². The quantitative estimate of drug-likeness (QED) is 0.485. The van der Waals surface area contributed by atoms with Gasteiger partial charge in [0.05, 0.1) is 28.7 Å². The molecule has 0 saturated carbocycles. The summed E-state index contributed by atoms with van der Waals surface area (Å²) in [6.07, 6.45) is 1.51. The minimum Gasteiger partial charge on any atom is -0.478 e. The van der Waals surface area contributed by atoms with Crippen LogP contribution in [-0.4, -0.2) is 26.5 Å². The Morgan fingerprint density at radius 3 is 2.45 bits per heavy atom. The van der Waals surface area contributed by atoms with Crippen LogP contribution in [0, 0.1) is 6.92 Å². The van der Waals surface area contributed by atoms with Crippen LogP contribution in [0.2, 0.25) is 0 Å². The van der Waals surface area contributed by atoms with Crippen molar-refractivity contribution in [3.63, 3.8) is 0 Å². The number of rotatable bonds is 6. The smallest absolute Gasteiger partial charge is 0.335 e. The molecule has 0 radical (unpaired) electrons. The fourth-order valence-corrected chi connectivity index (χ4v) is 4.35. The standard InChI is InChI=1S/C23H19N3O4S/c1-14-18-21(25-13-26(22(18)28)12-16-5-3-2-4-6-16)31-19(14)20(27)24-11-15-7-9-17(10-8-15)23(29)30/h2-10,13H,11-12H2,1H3,(H,24,27)(H,29,30). The lowest BCUT2D eigenvalue weighted by molar-refractivity contribution is 0.0696. The minimum absolute atomic E-state index is 0.175. The molecule has 0 atom stereocenters. The Morgan fingerprint density at radius 1 is 1.06 bits per heavy atom. The zero-order chi connectivity index (χ0) is 22.0. The van der Waals surface area contributed by atoms with Crippen molar-refractivity contribution in [1.29, 1.82) is 0 Å². The van der Waals surface area contributed by atoms with Gasteiger partial charge in [0.2, 0.25) is 0 Å². The van der Waals surface area contributed by atoms with Gasteiger partial charge < -0.3 is 10.4 Å². The minimum atomic E-state index is -0.998. The molecule has 1 amide bonds. The second-order valence-corrected chi connectivity index (χ2v) is 8.08. The maximum absolute atomic E-state index is 13.0. The third-order valence-corrected chi connectivity index (χ3v) is 6.17. The number of carboxylic acid groups (broad SMARTS) is 1. The summed E-state index contributed by atoms with van der Waals surface area (Å²) in [7, 11) is 0. The lowest BCUT2D eigenvalue weighted by Gasteiger charge is -2.06. The van der Waals surface area contributed by atoms with Crippen molar-refractivity contribution in [3.8, 4) is 0 Å². The van der Waals surface area contributed by atoms with Gasteiger partial charge in [-0.3, -0.25) is 14.2 Å². The number of aryl methyl sites for hydroxylation is 1. The molecule has 0 aliphatic heterocycles. The largest absolute Gasteiger partial charge is 0.478 e. The molecule has 156 valence electrons. The number of aromatic carboxylic acids is 1. The van der Waals surface area contributed by atoms with Gasteiger partial charge in [-0.25, -0.2) is 9.78 Å². The Morgan fingerprint density at radius 2 is 1.77 bits per heavy atom. The number of hydrogen-bond acceptors (Lipinski definition) is 5. The molecule has 0 saturated heterocycles. The molecular formula is C23H19N3O4S. The average molecular weight is 433 g/mol. The van der Waals surface area contributed by atoms with Gasteiger partial charge in [-0.05, 0) is 35.7 Å². The monoisotopic (exact) mass is 433 g/mol. The number of thiophene rings is 1. The highest BCUT2D eigenvalue weighted by Crippen LogP contribution is 2.26. The van der Waals surface area contributed by atoms with Crippen molar-refractivity contribution in [2.45, 2.75) is 20.0 Å². The van der Waals surface area contributed by atoms with E-state index in [9.17, 15) is 14.4 Å². The molecule has 4 aromatic rings.